The number of rotatable bonds is 8. The first-order valence-corrected chi connectivity index (χ1v) is 5.72. The highest BCUT2D eigenvalue weighted by molar-refractivity contribution is 4.69. The highest BCUT2D eigenvalue weighted by Crippen LogP contribution is 2.17. The summed E-state index contributed by atoms with van der Waals surface area (Å²) in [6, 6.07) is 0.396. The van der Waals surface area contributed by atoms with Gasteiger partial charge in [-0.25, -0.2) is 0 Å². The first-order chi connectivity index (χ1) is 7.40. The maximum atomic E-state index is 11.8. The molecule has 0 spiro atoms. The number of alkyl halides is 3. The molecule has 2 atom stereocenters. The quantitative estimate of drug-likeness (QED) is 0.660. The first-order valence-electron chi connectivity index (χ1n) is 5.72. The Morgan fingerprint density at radius 1 is 1.31 bits per heavy atom. The molecule has 5 heteroatoms. The molecular weight excluding hydrogens is 219 g/mol. The van der Waals surface area contributed by atoms with Crippen molar-refractivity contribution in [1.82, 2.24) is 5.32 Å². The van der Waals surface area contributed by atoms with Crippen molar-refractivity contribution in [3.05, 3.63) is 0 Å². The fourth-order valence-corrected chi connectivity index (χ4v) is 1.68. The van der Waals surface area contributed by atoms with E-state index < -0.39 is 12.8 Å². The van der Waals surface area contributed by atoms with Gasteiger partial charge in [0.1, 0.15) is 6.61 Å². The van der Waals surface area contributed by atoms with E-state index in [4.69, 9.17) is 0 Å². The van der Waals surface area contributed by atoms with Crippen molar-refractivity contribution in [1.29, 1.82) is 0 Å². The van der Waals surface area contributed by atoms with Crippen molar-refractivity contribution >= 4 is 0 Å². The van der Waals surface area contributed by atoms with Gasteiger partial charge in [0.25, 0.3) is 0 Å². The molecule has 0 amide bonds. The third kappa shape index (κ3) is 7.93. The third-order valence-electron chi connectivity index (χ3n) is 2.82. The Kier molecular flexibility index (Phi) is 7.76. The molecule has 2 unspecified atom stereocenters. The van der Waals surface area contributed by atoms with Gasteiger partial charge in [0.15, 0.2) is 0 Å². The van der Waals surface area contributed by atoms with Crippen LogP contribution in [0.25, 0.3) is 0 Å². The van der Waals surface area contributed by atoms with Gasteiger partial charge in [-0.3, -0.25) is 0 Å². The van der Waals surface area contributed by atoms with Crippen molar-refractivity contribution in [2.75, 3.05) is 20.3 Å². The highest BCUT2D eigenvalue weighted by atomic mass is 19.4. The number of nitrogens with one attached hydrogen (secondary N) is 1. The molecule has 0 aliphatic heterocycles. The van der Waals surface area contributed by atoms with Gasteiger partial charge in [-0.1, -0.05) is 13.3 Å². The van der Waals surface area contributed by atoms with Gasteiger partial charge in [0.05, 0.1) is 0 Å². The van der Waals surface area contributed by atoms with Gasteiger partial charge in [0.2, 0.25) is 0 Å². The summed E-state index contributed by atoms with van der Waals surface area (Å²) in [5.74, 6) is 0.500. The smallest absolute Gasteiger partial charge is 0.372 e. The van der Waals surface area contributed by atoms with Crippen LogP contribution >= 0.6 is 0 Å². The number of hydrogen-bond donors (Lipinski definition) is 1. The predicted molar refractivity (Wildman–Crippen MR) is 58.4 cm³/mol. The van der Waals surface area contributed by atoms with Gasteiger partial charge in [-0.05, 0) is 32.7 Å². The second-order valence-electron chi connectivity index (χ2n) is 4.06. The van der Waals surface area contributed by atoms with E-state index in [1.54, 1.807) is 0 Å². The lowest BCUT2D eigenvalue weighted by atomic mass is 9.93. The molecule has 0 saturated carbocycles. The summed E-state index contributed by atoms with van der Waals surface area (Å²) < 4.78 is 39.8. The van der Waals surface area contributed by atoms with Crippen molar-refractivity contribution in [2.45, 2.75) is 45.3 Å². The minimum atomic E-state index is -4.21. The van der Waals surface area contributed by atoms with Crippen molar-refractivity contribution in [3.8, 4) is 0 Å². The van der Waals surface area contributed by atoms with E-state index in [0.717, 1.165) is 12.8 Å². The zero-order valence-corrected chi connectivity index (χ0v) is 10.2. The molecule has 0 aromatic rings. The Morgan fingerprint density at radius 2 is 1.94 bits per heavy atom. The lowest BCUT2D eigenvalue weighted by Crippen LogP contribution is -2.30. The summed E-state index contributed by atoms with van der Waals surface area (Å²) in [4.78, 5) is 0. The zero-order valence-electron chi connectivity index (χ0n) is 10.2. The summed E-state index contributed by atoms with van der Waals surface area (Å²) in [6.07, 6.45) is -1.60. The second-order valence-corrected chi connectivity index (χ2v) is 4.06. The Balaban J connectivity index is 3.56. The Labute approximate surface area is 95.5 Å². The van der Waals surface area contributed by atoms with Crippen LogP contribution in [-0.4, -0.2) is 32.5 Å². The molecule has 0 aromatic heterocycles. The van der Waals surface area contributed by atoms with Gasteiger partial charge < -0.3 is 10.1 Å². The largest absolute Gasteiger partial charge is 0.411 e. The highest BCUT2D eigenvalue weighted by Gasteiger charge is 2.27. The minimum Gasteiger partial charge on any atom is -0.372 e. The molecule has 2 nitrogen and oxygen atoms in total. The van der Waals surface area contributed by atoms with Crippen LogP contribution < -0.4 is 5.32 Å². The van der Waals surface area contributed by atoms with E-state index in [-0.39, 0.29) is 6.61 Å². The van der Waals surface area contributed by atoms with Crippen LogP contribution in [0.5, 0.6) is 0 Å². The Bertz CT molecular complexity index is 173. The van der Waals surface area contributed by atoms with E-state index in [1.165, 1.54) is 0 Å². The molecular formula is C11H22F3NO. The molecule has 0 aliphatic rings. The topological polar surface area (TPSA) is 21.3 Å². The van der Waals surface area contributed by atoms with E-state index in [2.05, 4.69) is 23.9 Å². The van der Waals surface area contributed by atoms with Crippen LogP contribution in [0, 0.1) is 5.92 Å². The Hall–Kier alpha value is -0.290. The normalized spacial score (nSPS) is 16.1. The molecule has 0 aromatic carbocycles. The van der Waals surface area contributed by atoms with Crippen LogP contribution in [0.15, 0.2) is 0 Å². The summed E-state index contributed by atoms with van der Waals surface area (Å²) in [5.41, 5.74) is 0. The van der Waals surface area contributed by atoms with Crippen LogP contribution in [0.3, 0.4) is 0 Å². The van der Waals surface area contributed by atoms with Gasteiger partial charge in [-0.2, -0.15) is 13.2 Å². The van der Waals surface area contributed by atoms with Gasteiger partial charge >= 0.3 is 6.18 Å². The van der Waals surface area contributed by atoms with Gasteiger partial charge in [-0.15, -0.1) is 0 Å². The summed E-state index contributed by atoms with van der Waals surface area (Å²) >= 11 is 0. The standard InChI is InChI=1S/C11H22F3NO/c1-4-10(9(2)15-3)6-5-7-16-8-11(12,13)14/h9-10,15H,4-8H2,1-3H3. The average Bonchev–Trinajstić information content (AvgIpc) is 2.21. The fourth-order valence-electron chi connectivity index (χ4n) is 1.68. The Morgan fingerprint density at radius 3 is 2.38 bits per heavy atom. The number of hydrogen-bond acceptors (Lipinski definition) is 2. The van der Waals surface area contributed by atoms with Crippen LogP contribution in [0.4, 0.5) is 13.2 Å². The maximum absolute atomic E-state index is 11.8. The second kappa shape index (κ2) is 7.90. The molecule has 0 saturated heterocycles. The van der Waals surface area contributed by atoms with E-state index in [1.807, 2.05) is 7.05 Å². The molecule has 98 valence electrons. The van der Waals surface area contributed by atoms with Crippen molar-refractivity contribution < 1.29 is 17.9 Å². The molecule has 0 rings (SSSR count). The van der Waals surface area contributed by atoms with Crippen molar-refractivity contribution in [2.24, 2.45) is 5.92 Å². The summed E-state index contributed by atoms with van der Waals surface area (Å²) in [6.45, 7) is 3.23. The lowest BCUT2D eigenvalue weighted by molar-refractivity contribution is -0.174. The first kappa shape index (κ1) is 15.7. The third-order valence-corrected chi connectivity index (χ3v) is 2.82. The average molecular weight is 241 g/mol. The van der Waals surface area contributed by atoms with Crippen LogP contribution in [-0.2, 0) is 4.74 Å². The number of ether oxygens (including phenoxy) is 1. The van der Waals surface area contributed by atoms with Crippen molar-refractivity contribution in [3.63, 3.8) is 0 Å². The SMILES string of the molecule is CCC(CCCOCC(F)(F)F)C(C)NC. The predicted octanol–water partition coefficient (Wildman–Crippen LogP) is 2.98. The zero-order chi connectivity index (χ0) is 12.6. The minimum absolute atomic E-state index is 0.187. The molecule has 16 heavy (non-hydrogen) atoms. The molecule has 0 fully saturated rings. The van der Waals surface area contributed by atoms with E-state index >= 15 is 0 Å². The van der Waals surface area contributed by atoms with Crippen LogP contribution in [0.2, 0.25) is 0 Å². The molecule has 0 bridgehead atoms. The lowest BCUT2D eigenvalue weighted by Gasteiger charge is -2.22. The summed E-state index contributed by atoms with van der Waals surface area (Å²) in [5, 5.41) is 3.16. The molecule has 0 aliphatic carbocycles. The monoisotopic (exact) mass is 241 g/mol. The number of halogens is 3. The van der Waals surface area contributed by atoms with Crippen LogP contribution in [0.1, 0.15) is 33.1 Å². The summed E-state index contributed by atoms with van der Waals surface area (Å²) in [7, 11) is 1.90. The molecule has 0 heterocycles. The fraction of sp³-hybridized carbons (Fsp3) is 1.00. The van der Waals surface area contributed by atoms with Gasteiger partial charge in [0, 0.05) is 12.6 Å². The molecule has 0 radical (unpaired) electrons. The van der Waals surface area contributed by atoms with E-state index in [0.29, 0.717) is 18.4 Å². The maximum Gasteiger partial charge on any atom is 0.411 e. The van der Waals surface area contributed by atoms with E-state index in [9.17, 15) is 13.2 Å². The molecule has 1 N–H and O–H groups in total.